The second kappa shape index (κ2) is 4.69. The van der Waals surface area contributed by atoms with Crippen LogP contribution in [0.15, 0.2) is 35.1 Å². The van der Waals surface area contributed by atoms with E-state index in [4.69, 9.17) is 9.52 Å². The smallest absolute Gasteiger partial charge is 0.337 e. The number of furan rings is 1. The van der Waals surface area contributed by atoms with E-state index in [0.29, 0.717) is 18.1 Å². The largest absolute Gasteiger partial charge is 0.478 e. The van der Waals surface area contributed by atoms with Gasteiger partial charge >= 0.3 is 5.97 Å². The second-order valence-electron chi connectivity index (χ2n) is 3.62. The van der Waals surface area contributed by atoms with E-state index in [9.17, 15) is 4.79 Å². The van der Waals surface area contributed by atoms with Gasteiger partial charge in [-0.3, -0.25) is 0 Å². The molecule has 0 spiro atoms. The third kappa shape index (κ3) is 2.63. The summed E-state index contributed by atoms with van der Waals surface area (Å²) in [5, 5.41) is 12.0. The second-order valence-corrected chi connectivity index (χ2v) is 3.62. The number of aryl methyl sites for hydroxylation is 1. The fraction of sp³-hybridized carbons (Fsp3) is 0.167. The van der Waals surface area contributed by atoms with Crippen molar-refractivity contribution in [2.24, 2.45) is 0 Å². The Hall–Kier alpha value is -2.30. The van der Waals surface area contributed by atoms with E-state index in [1.807, 2.05) is 6.07 Å². The van der Waals surface area contributed by atoms with Gasteiger partial charge in [0.25, 0.3) is 0 Å². The summed E-state index contributed by atoms with van der Waals surface area (Å²) in [6.45, 7) is 2.27. The molecule has 2 aromatic rings. The first kappa shape index (κ1) is 11.2. The molecule has 0 amide bonds. The highest BCUT2D eigenvalue weighted by molar-refractivity contribution is 5.89. The maximum Gasteiger partial charge on any atom is 0.337 e. The summed E-state index contributed by atoms with van der Waals surface area (Å²) in [4.78, 5) is 15.0. The van der Waals surface area contributed by atoms with Crippen LogP contribution in [-0.2, 0) is 6.54 Å². The van der Waals surface area contributed by atoms with E-state index in [-0.39, 0.29) is 5.56 Å². The zero-order valence-electron chi connectivity index (χ0n) is 9.30. The number of hydrogen-bond donors (Lipinski definition) is 2. The Morgan fingerprint density at radius 2 is 2.29 bits per heavy atom. The summed E-state index contributed by atoms with van der Waals surface area (Å²) < 4.78 is 4.94. The van der Waals surface area contributed by atoms with Gasteiger partial charge in [0.15, 0.2) is 0 Å². The maximum atomic E-state index is 10.8. The molecule has 5 heteroatoms. The Morgan fingerprint density at radius 1 is 1.47 bits per heavy atom. The SMILES string of the molecule is Cc1nc(NCc2ccoc2)ccc1C(=O)O. The highest BCUT2D eigenvalue weighted by Crippen LogP contribution is 2.11. The monoisotopic (exact) mass is 232 g/mol. The molecule has 17 heavy (non-hydrogen) atoms. The molecule has 0 saturated heterocycles. The van der Waals surface area contributed by atoms with Gasteiger partial charge in [-0.05, 0) is 25.1 Å². The molecule has 2 aromatic heterocycles. The van der Waals surface area contributed by atoms with Crippen LogP contribution in [0.1, 0.15) is 21.6 Å². The number of nitrogens with one attached hydrogen (secondary N) is 1. The van der Waals surface area contributed by atoms with Gasteiger partial charge in [0.05, 0.1) is 23.8 Å². The van der Waals surface area contributed by atoms with E-state index in [0.717, 1.165) is 5.56 Å². The minimum atomic E-state index is -0.962. The molecule has 0 fully saturated rings. The van der Waals surface area contributed by atoms with Gasteiger partial charge in [-0.1, -0.05) is 0 Å². The maximum absolute atomic E-state index is 10.8. The van der Waals surface area contributed by atoms with E-state index < -0.39 is 5.97 Å². The molecular formula is C12H12N2O3. The minimum absolute atomic E-state index is 0.221. The molecule has 5 nitrogen and oxygen atoms in total. The van der Waals surface area contributed by atoms with Crippen molar-refractivity contribution in [3.63, 3.8) is 0 Å². The fourth-order valence-corrected chi connectivity index (χ4v) is 1.47. The van der Waals surface area contributed by atoms with Crippen molar-refractivity contribution in [2.75, 3.05) is 5.32 Å². The zero-order valence-corrected chi connectivity index (χ0v) is 9.30. The molecule has 0 aliphatic heterocycles. The Labute approximate surface area is 98.1 Å². The van der Waals surface area contributed by atoms with Crippen LogP contribution in [0, 0.1) is 6.92 Å². The van der Waals surface area contributed by atoms with Crippen molar-refractivity contribution < 1.29 is 14.3 Å². The van der Waals surface area contributed by atoms with Gasteiger partial charge in [-0.2, -0.15) is 0 Å². The number of aromatic nitrogens is 1. The molecule has 0 radical (unpaired) electrons. The number of anilines is 1. The fourth-order valence-electron chi connectivity index (χ4n) is 1.47. The van der Waals surface area contributed by atoms with Crippen LogP contribution in [0.25, 0.3) is 0 Å². The van der Waals surface area contributed by atoms with Crippen molar-refractivity contribution in [2.45, 2.75) is 13.5 Å². The predicted octanol–water partition coefficient (Wildman–Crippen LogP) is 2.29. The van der Waals surface area contributed by atoms with Crippen LogP contribution in [0.3, 0.4) is 0 Å². The highest BCUT2D eigenvalue weighted by Gasteiger charge is 2.08. The first-order chi connectivity index (χ1) is 8.16. The predicted molar refractivity (Wildman–Crippen MR) is 62.0 cm³/mol. The molecule has 88 valence electrons. The van der Waals surface area contributed by atoms with Crippen molar-refractivity contribution >= 4 is 11.8 Å². The lowest BCUT2D eigenvalue weighted by atomic mass is 10.2. The minimum Gasteiger partial charge on any atom is -0.478 e. The van der Waals surface area contributed by atoms with Gasteiger partial charge in [0, 0.05) is 12.1 Å². The molecule has 0 atom stereocenters. The van der Waals surface area contributed by atoms with Gasteiger partial charge < -0.3 is 14.8 Å². The van der Waals surface area contributed by atoms with Crippen LogP contribution < -0.4 is 5.32 Å². The average Bonchev–Trinajstić information content (AvgIpc) is 2.78. The van der Waals surface area contributed by atoms with Gasteiger partial charge in [0.2, 0.25) is 0 Å². The van der Waals surface area contributed by atoms with E-state index in [1.165, 1.54) is 0 Å². The molecule has 2 rings (SSSR count). The van der Waals surface area contributed by atoms with E-state index in [1.54, 1.807) is 31.6 Å². The standard InChI is InChI=1S/C12H12N2O3/c1-8-10(12(15)16)2-3-11(14-8)13-6-9-4-5-17-7-9/h2-5,7H,6H2,1H3,(H,13,14)(H,15,16). The number of rotatable bonds is 4. The normalized spacial score (nSPS) is 10.2. The highest BCUT2D eigenvalue weighted by atomic mass is 16.4. The van der Waals surface area contributed by atoms with Crippen molar-refractivity contribution in [3.8, 4) is 0 Å². The van der Waals surface area contributed by atoms with Crippen molar-refractivity contribution in [3.05, 3.63) is 47.5 Å². The number of carboxylic acids is 1. The third-order valence-electron chi connectivity index (χ3n) is 2.37. The molecule has 0 aliphatic rings. The lowest BCUT2D eigenvalue weighted by Crippen LogP contribution is -2.05. The lowest BCUT2D eigenvalue weighted by molar-refractivity contribution is 0.0695. The molecule has 0 aromatic carbocycles. The number of aromatic carboxylic acids is 1. The summed E-state index contributed by atoms with van der Waals surface area (Å²) >= 11 is 0. The summed E-state index contributed by atoms with van der Waals surface area (Å²) in [6, 6.07) is 5.05. The van der Waals surface area contributed by atoms with Gasteiger partial charge in [0.1, 0.15) is 5.82 Å². The summed E-state index contributed by atoms with van der Waals surface area (Å²) in [6.07, 6.45) is 3.24. The topological polar surface area (TPSA) is 75.4 Å². The molecule has 2 N–H and O–H groups in total. The van der Waals surface area contributed by atoms with E-state index >= 15 is 0 Å². The first-order valence-corrected chi connectivity index (χ1v) is 5.12. The molecular weight excluding hydrogens is 220 g/mol. The molecule has 0 unspecified atom stereocenters. The van der Waals surface area contributed by atoms with Crippen LogP contribution in [0.5, 0.6) is 0 Å². The Bertz CT molecular complexity index is 521. The van der Waals surface area contributed by atoms with Crippen molar-refractivity contribution in [1.29, 1.82) is 0 Å². The number of hydrogen-bond acceptors (Lipinski definition) is 4. The van der Waals surface area contributed by atoms with Crippen LogP contribution in [0.4, 0.5) is 5.82 Å². The summed E-state index contributed by atoms with van der Waals surface area (Å²) in [7, 11) is 0. The van der Waals surface area contributed by atoms with E-state index in [2.05, 4.69) is 10.3 Å². The number of carboxylic acid groups (broad SMARTS) is 1. The van der Waals surface area contributed by atoms with Crippen LogP contribution >= 0.6 is 0 Å². The first-order valence-electron chi connectivity index (χ1n) is 5.12. The van der Waals surface area contributed by atoms with Crippen LogP contribution in [0.2, 0.25) is 0 Å². The average molecular weight is 232 g/mol. The van der Waals surface area contributed by atoms with Gasteiger partial charge in [-0.15, -0.1) is 0 Å². The summed E-state index contributed by atoms with van der Waals surface area (Å²) in [5.74, 6) is -0.315. The Kier molecular flexibility index (Phi) is 3.09. The molecule has 0 aliphatic carbocycles. The van der Waals surface area contributed by atoms with Crippen LogP contribution in [-0.4, -0.2) is 16.1 Å². The molecule has 0 bridgehead atoms. The van der Waals surface area contributed by atoms with Gasteiger partial charge in [-0.25, -0.2) is 9.78 Å². The lowest BCUT2D eigenvalue weighted by Gasteiger charge is -2.06. The summed E-state index contributed by atoms with van der Waals surface area (Å²) in [5.41, 5.74) is 1.72. The molecule has 0 saturated carbocycles. The number of nitrogens with zero attached hydrogens (tertiary/aromatic N) is 1. The third-order valence-corrected chi connectivity index (χ3v) is 2.37. The number of carbonyl (C=O) groups is 1. The Balaban J connectivity index is 2.07. The number of pyridine rings is 1. The molecule has 2 heterocycles. The van der Waals surface area contributed by atoms with Crippen molar-refractivity contribution in [1.82, 2.24) is 4.98 Å². The Morgan fingerprint density at radius 3 is 2.88 bits per heavy atom. The quantitative estimate of drug-likeness (QED) is 0.845. The zero-order chi connectivity index (χ0) is 12.3.